The molecule has 1 heterocycles. The zero-order chi connectivity index (χ0) is 12.3. The molecule has 0 fully saturated rings. The van der Waals surface area contributed by atoms with Crippen LogP contribution in [0.2, 0.25) is 0 Å². The monoisotopic (exact) mass is 311 g/mol. The van der Waals surface area contributed by atoms with E-state index in [1.54, 1.807) is 29.5 Å². The van der Waals surface area contributed by atoms with Crippen molar-refractivity contribution in [2.75, 3.05) is 5.73 Å². The summed E-state index contributed by atoms with van der Waals surface area (Å²) in [5.41, 5.74) is 6.63. The highest BCUT2D eigenvalue weighted by molar-refractivity contribution is 9.10. The molecule has 1 aromatic carbocycles. The summed E-state index contributed by atoms with van der Waals surface area (Å²) < 4.78 is 5.94. The molecule has 0 aliphatic carbocycles. The normalized spacial score (nSPS) is 10.2. The maximum absolute atomic E-state index is 11.8. The maximum atomic E-state index is 11.8. The second-order valence-electron chi connectivity index (χ2n) is 3.43. The number of anilines is 1. The van der Waals surface area contributed by atoms with Crippen LogP contribution in [-0.4, -0.2) is 5.97 Å². The quantitative estimate of drug-likeness (QED) is 0.697. The number of benzene rings is 1. The number of hydrogen-bond acceptors (Lipinski definition) is 4. The predicted molar refractivity (Wildman–Crippen MR) is 72.0 cm³/mol. The summed E-state index contributed by atoms with van der Waals surface area (Å²) in [5.74, 6) is -0.369. The van der Waals surface area contributed by atoms with Crippen molar-refractivity contribution in [2.45, 2.75) is 6.61 Å². The maximum Gasteiger partial charge on any atom is 0.338 e. The summed E-state index contributed by atoms with van der Waals surface area (Å²) in [6, 6.07) is 8.86. The SMILES string of the molecule is Nc1cc(Br)cc(C(=O)OCc2cccs2)c1. The molecular formula is C12H10BrNO2S. The Hall–Kier alpha value is -1.33. The average molecular weight is 312 g/mol. The molecule has 0 bridgehead atoms. The summed E-state index contributed by atoms with van der Waals surface area (Å²) in [6.07, 6.45) is 0. The molecule has 2 aromatic rings. The first-order valence-corrected chi connectivity index (χ1v) is 6.58. The van der Waals surface area contributed by atoms with Gasteiger partial charge in [-0.05, 0) is 29.6 Å². The van der Waals surface area contributed by atoms with Crippen molar-refractivity contribution in [3.05, 3.63) is 50.6 Å². The molecule has 0 unspecified atom stereocenters. The van der Waals surface area contributed by atoms with Gasteiger partial charge in [0.05, 0.1) is 5.56 Å². The van der Waals surface area contributed by atoms with Crippen molar-refractivity contribution in [3.63, 3.8) is 0 Å². The van der Waals surface area contributed by atoms with Gasteiger partial charge in [-0.1, -0.05) is 22.0 Å². The average Bonchev–Trinajstić information content (AvgIpc) is 2.77. The highest BCUT2D eigenvalue weighted by atomic mass is 79.9. The highest BCUT2D eigenvalue weighted by Gasteiger charge is 2.09. The van der Waals surface area contributed by atoms with Gasteiger partial charge < -0.3 is 10.5 Å². The lowest BCUT2D eigenvalue weighted by atomic mass is 10.2. The van der Waals surface area contributed by atoms with E-state index in [9.17, 15) is 4.79 Å². The highest BCUT2D eigenvalue weighted by Crippen LogP contribution is 2.18. The number of halogens is 1. The van der Waals surface area contributed by atoms with E-state index < -0.39 is 0 Å². The molecule has 1 aromatic heterocycles. The number of esters is 1. The molecule has 0 saturated heterocycles. The van der Waals surface area contributed by atoms with Crippen LogP contribution in [0.5, 0.6) is 0 Å². The smallest absolute Gasteiger partial charge is 0.338 e. The molecule has 0 amide bonds. The first kappa shape index (κ1) is 12.1. The van der Waals surface area contributed by atoms with Crippen LogP contribution in [0.4, 0.5) is 5.69 Å². The van der Waals surface area contributed by atoms with Crippen LogP contribution in [-0.2, 0) is 11.3 Å². The molecule has 5 heteroatoms. The Morgan fingerprint density at radius 1 is 1.41 bits per heavy atom. The molecule has 3 nitrogen and oxygen atoms in total. The van der Waals surface area contributed by atoms with Gasteiger partial charge in [-0.15, -0.1) is 11.3 Å². The number of hydrogen-bond donors (Lipinski definition) is 1. The van der Waals surface area contributed by atoms with E-state index in [0.29, 0.717) is 17.9 Å². The zero-order valence-corrected chi connectivity index (χ0v) is 11.3. The Morgan fingerprint density at radius 3 is 2.88 bits per heavy atom. The summed E-state index contributed by atoms with van der Waals surface area (Å²) in [6.45, 7) is 0.295. The Balaban J connectivity index is 2.04. The third kappa shape index (κ3) is 3.31. The topological polar surface area (TPSA) is 52.3 Å². The van der Waals surface area contributed by atoms with E-state index in [4.69, 9.17) is 10.5 Å². The van der Waals surface area contributed by atoms with Crippen molar-refractivity contribution in [1.82, 2.24) is 0 Å². The summed E-state index contributed by atoms with van der Waals surface area (Å²) in [4.78, 5) is 12.8. The van der Waals surface area contributed by atoms with E-state index in [0.717, 1.165) is 9.35 Å². The van der Waals surface area contributed by atoms with Crippen LogP contribution in [0, 0.1) is 0 Å². The van der Waals surface area contributed by atoms with Crippen molar-refractivity contribution >= 4 is 38.9 Å². The Kier molecular flexibility index (Phi) is 3.81. The standard InChI is InChI=1S/C12H10BrNO2S/c13-9-4-8(5-10(14)6-9)12(15)16-7-11-2-1-3-17-11/h1-6H,7,14H2. The lowest BCUT2D eigenvalue weighted by Crippen LogP contribution is -2.05. The zero-order valence-electron chi connectivity index (χ0n) is 8.85. The van der Waals surface area contributed by atoms with Crippen molar-refractivity contribution in [2.24, 2.45) is 0 Å². The van der Waals surface area contributed by atoms with E-state index >= 15 is 0 Å². The molecule has 0 aliphatic rings. The van der Waals surface area contributed by atoms with Crippen LogP contribution < -0.4 is 5.73 Å². The van der Waals surface area contributed by atoms with E-state index in [1.165, 1.54) is 0 Å². The molecule has 0 atom stereocenters. The molecule has 88 valence electrons. The first-order valence-electron chi connectivity index (χ1n) is 4.91. The fraction of sp³-hybridized carbons (Fsp3) is 0.0833. The molecule has 0 saturated carbocycles. The van der Waals surface area contributed by atoms with Gasteiger partial charge in [-0.3, -0.25) is 0 Å². The van der Waals surface area contributed by atoms with Crippen LogP contribution in [0.3, 0.4) is 0 Å². The lowest BCUT2D eigenvalue weighted by molar-refractivity contribution is 0.0477. The summed E-state index contributed by atoms with van der Waals surface area (Å²) >= 11 is 4.84. The number of nitrogen functional groups attached to an aromatic ring is 1. The van der Waals surface area contributed by atoms with Gasteiger partial charge in [-0.25, -0.2) is 4.79 Å². The fourth-order valence-corrected chi connectivity index (χ4v) is 2.47. The molecule has 0 spiro atoms. The van der Waals surface area contributed by atoms with Crippen LogP contribution >= 0.6 is 27.3 Å². The van der Waals surface area contributed by atoms with Gasteiger partial charge in [0.25, 0.3) is 0 Å². The molecular weight excluding hydrogens is 302 g/mol. The number of ether oxygens (including phenoxy) is 1. The summed E-state index contributed by atoms with van der Waals surface area (Å²) in [7, 11) is 0. The number of rotatable bonds is 3. The van der Waals surface area contributed by atoms with Crippen LogP contribution in [0.15, 0.2) is 40.2 Å². The van der Waals surface area contributed by atoms with Crippen LogP contribution in [0.25, 0.3) is 0 Å². The van der Waals surface area contributed by atoms with Gasteiger partial charge in [0.15, 0.2) is 0 Å². The third-order valence-corrected chi connectivity index (χ3v) is 3.39. The van der Waals surface area contributed by atoms with Crippen LogP contribution in [0.1, 0.15) is 15.2 Å². The van der Waals surface area contributed by atoms with Crippen molar-refractivity contribution in [1.29, 1.82) is 0 Å². The number of thiophene rings is 1. The molecule has 17 heavy (non-hydrogen) atoms. The Labute approximate surface area is 111 Å². The van der Waals surface area contributed by atoms with E-state index in [1.807, 2.05) is 17.5 Å². The second kappa shape index (κ2) is 5.33. The van der Waals surface area contributed by atoms with E-state index in [-0.39, 0.29) is 5.97 Å². The molecule has 0 aliphatic heterocycles. The Morgan fingerprint density at radius 2 is 2.24 bits per heavy atom. The number of carbonyl (C=O) groups excluding carboxylic acids is 1. The van der Waals surface area contributed by atoms with Crippen molar-refractivity contribution < 1.29 is 9.53 Å². The lowest BCUT2D eigenvalue weighted by Gasteiger charge is -2.04. The van der Waals surface area contributed by atoms with Gasteiger partial charge >= 0.3 is 5.97 Å². The van der Waals surface area contributed by atoms with Crippen molar-refractivity contribution in [3.8, 4) is 0 Å². The van der Waals surface area contributed by atoms with Gasteiger partial charge in [-0.2, -0.15) is 0 Å². The number of carbonyl (C=O) groups is 1. The minimum absolute atomic E-state index is 0.295. The molecule has 2 N–H and O–H groups in total. The molecule has 2 rings (SSSR count). The number of nitrogens with two attached hydrogens (primary N) is 1. The van der Waals surface area contributed by atoms with E-state index in [2.05, 4.69) is 15.9 Å². The second-order valence-corrected chi connectivity index (χ2v) is 5.38. The minimum atomic E-state index is -0.369. The predicted octanol–water partition coefficient (Wildman–Crippen LogP) is 3.45. The largest absolute Gasteiger partial charge is 0.456 e. The third-order valence-electron chi connectivity index (χ3n) is 2.08. The van der Waals surface area contributed by atoms with Gasteiger partial charge in [0.1, 0.15) is 6.61 Å². The first-order chi connectivity index (χ1) is 8.15. The Bertz CT molecular complexity index is 505. The molecule has 0 radical (unpaired) electrons. The minimum Gasteiger partial charge on any atom is -0.456 e. The fourth-order valence-electron chi connectivity index (χ4n) is 1.34. The van der Waals surface area contributed by atoms with Gasteiger partial charge in [0, 0.05) is 15.0 Å². The summed E-state index contributed by atoms with van der Waals surface area (Å²) in [5, 5.41) is 1.94. The van der Waals surface area contributed by atoms with Gasteiger partial charge in [0.2, 0.25) is 0 Å².